The number of ether oxygens (including phenoxy) is 1. The minimum absolute atomic E-state index is 0.0228. The number of carbonyl (C=O) groups is 2. The van der Waals surface area contributed by atoms with Gasteiger partial charge in [0.1, 0.15) is 11.4 Å². The molecule has 31 heavy (non-hydrogen) atoms. The van der Waals surface area contributed by atoms with E-state index in [1.165, 1.54) is 12.8 Å². The van der Waals surface area contributed by atoms with Crippen LogP contribution in [0, 0.1) is 0 Å². The Bertz CT molecular complexity index is 817. The number of hydrogen-bond acceptors (Lipinski definition) is 5. The fourth-order valence-electron chi connectivity index (χ4n) is 5.11. The lowest BCUT2D eigenvalue weighted by Gasteiger charge is -2.36. The molecule has 2 fully saturated rings. The molecule has 0 unspecified atom stereocenters. The van der Waals surface area contributed by atoms with Crippen molar-refractivity contribution in [2.24, 2.45) is 0 Å². The lowest BCUT2D eigenvalue weighted by Crippen LogP contribution is -2.48. The fraction of sp³-hybridized carbons (Fsp3) is 0.600. The largest absolute Gasteiger partial charge is 0.494 e. The van der Waals surface area contributed by atoms with E-state index in [1.807, 2.05) is 31.2 Å². The van der Waals surface area contributed by atoms with Gasteiger partial charge in [0.2, 0.25) is 0 Å². The maximum absolute atomic E-state index is 13.7. The third-order valence-corrected chi connectivity index (χ3v) is 6.87. The first-order chi connectivity index (χ1) is 15.1. The summed E-state index contributed by atoms with van der Waals surface area (Å²) in [6.07, 6.45) is 6.40. The lowest BCUT2D eigenvalue weighted by molar-refractivity contribution is -0.140. The summed E-state index contributed by atoms with van der Waals surface area (Å²) >= 11 is 0. The molecule has 4 rings (SSSR count). The summed E-state index contributed by atoms with van der Waals surface area (Å²) in [5, 5.41) is 0. The van der Waals surface area contributed by atoms with Crippen LogP contribution < -0.4 is 4.74 Å². The first kappa shape index (κ1) is 21.9. The highest BCUT2D eigenvalue weighted by atomic mass is 16.5. The molecular formula is C25H35N3O3. The van der Waals surface area contributed by atoms with Crippen LogP contribution in [0.15, 0.2) is 30.0 Å². The third-order valence-electron chi connectivity index (χ3n) is 6.87. The van der Waals surface area contributed by atoms with Crippen LogP contribution in [-0.4, -0.2) is 71.9 Å². The van der Waals surface area contributed by atoms with Gasteiger partial charge in [-0.3, -0.25) is 14.5 Å². The maximum Gasteiger partial charge on any atom is 0.278 e. The molecule has 6 heteroatoms. The molecule has 3 aliphatic rings. The Hall–Kier alpha value is -2.34. The molecule has 6 nitrogen and oxygen atoms in total. The van der Waals surface area contributed by atoms with E-state index >= 15 is 0 Å². The lowest BCUT2D eigenvalue weighted by atomic mass is 10.0. The van der Waals surface area contributed by atoms with E-state index < -0.39 is 0 Å². The van der Waals surface area contributed by atoms with Crippen molar-refractivity contribution in [1.29, 1.82) is 0 Å². The molecule has 2 aliphatic heterocycles. The van der Waals surface area contributed by atoms with Crippen molar-refractivity contribution in [3.63, 3.8) is 0 Å². The number of amides is 2. The second kappa shape index (κ2) is 9.86. The first-order valence-corrected chi connectivity index (χ1v) is 12.0. The Morgan fingerprint density at radius 1 is 0.871 bits per heavy atom. The summed E-state index contributed by atoms with van der Waals surface area (Å²) in [6, 6.07) is 7.65. The van der Waals surface area contributed by atoms with E-state index in [1.54, 1.807) is 4.90 Å². The van der Waals surface area contributed by atoms with Crippen molar-refractivity contribution in [2.75, 3.05) is 39.3 Å². The van der Waals surface area contributed by atoms with Gasteiger partial charge in [0, 0.05) is 32.2 Å². The van der Waals surface area contributed by atoms with Crippen molar-refractivity contribution in [2.45, 2.75) is 58.4 Å². The minimum Gasteiger partial charge on any atom is -0.494 e. The zero-order chi connectivity index (χ0) is 21.8. The summed E-state index contributed by atoms with van der Waals surface area (Å²) in [4.78, 5) is 33.5. The SMILES string of the molecule is CCOc1ccc(C2=C(N3CCN(CC)CC3)C(=O)N(C3CCCCCC3)C2=O)cc1. The van der Waals surface area contributed by atoms with Gasteiger partial charge in [-0.2, -0.15) is 0 Å². The van der Waals surface area contributed by atoms with Gasteiger partial charge in [-0.1, -0.05) is 44.7 Å². The molecule has 0 aromatic heterocycles. The number of nitrogens with zero attached hydrogens (tertiary/aromatic N) is 3. The van der Waals surface area contributed by atoms with Crippen molar-refractivity contribution < 1.29 is 14.3 Å². The molecule has 0 radical (unpaired) electrons. The molecule has 1 aromatic rings. The standard InChI is InChI=1S/C25H35N3O3/c1-3-26-15-17-27(18-16-26)23-22(19-11-13-21(14-12-19)31-4-2)24(29)28(25(23)30)20-9-7-5-6-8-10-20/h11-14,20H,3-10,15-18H2,1-2H3. The average molecular weight is 426 g/mol. The predicted octanol–water partition coefficient (Wildman–Crippen LogP) is 3.53. The molecule has 0 N–H and O–H groups in total. The van der Waals surface area contributed by atoms with Crippen LogP contribution in [0.3, 0.4) is 0 Å². The first-order valence-electron chi connectivity index (χ1n) is 12.0. The zero-order valence-electron chi connectivity index (χ0n) is 18.9. The van der Waals surface area contributed by atoms with Crippen LogP contribution >= 0.6 is 0 Å². The number of imide groups is 1. The van der Waals surface area contributed by atoms with Crippen LogP contribution in [0.25, 0.3) is 5.57 Å². The smallest absolute Gasteiger partial charge is 0.278 e. The topological polar surface area (TPSA) is 53.1 Å². The van der Waals surface area contributed by atoms with E-state index in [9.17, 15) is 9.59 Å². The number of carbonyl (C=O) groups excluding carboxylic acids is 2. The third kappa shape index (κ3) is 4.49. The van der Waals surface area contributed by atoms with E-state index in [2.05, 4.69) is 16.7 Å². The van der Waals surface area contributed by atoms with Gasteiger partial charge in [-0.15, -0.1) is 0 Å². The highest BCUT2D eigenvalue weighted by Gasteiger charge is 2.45. The van der Waals surface area contributed by atoms with Crippen LogP contribution in [0.5, 0.6) is 5.75 Å². The number of piperazine rings is 1. The summed E-state index contributed by atoms with van der Waals surface area (Å²) < 4.78 is 5.57. The van der Waals surface area contributed by atoms with Gasteiger partial charge in [0.15, 0.2) is 0 Å². The zero-order valence-corrected chi connectivity index (χ0v) is 18.9. The molecule has 1 aliphatic carbocycles. The van der Waals surface area contributed by atoms with Gasteiger partial charge in [0.25, 0.3) is 11.8 Å². The summed E-state index contributed by atoms with van der Waals surface area (Å²) in [5.74, 6) is 0.571. The fourth-order valence-corrected chi connectivity index (χ4v) is 5.11. The molecule has 0 atom stereocenters. The van der Waals surface area contributed by atoms with Crippen molar-refractivity contribution >= 4 is 17.4 Å². The van der Waals surface area contributed by atoms with Crippen molar-refractivity contribution in [1.82, 2.24) is 14.7 Å². The molecule has 0 spiro atoms. The molecule has 1 aromatic carbocycles. The van der Waals surface area contributed by atoms with Gasteiger partial charge in [0.05, 0.1) is 12.2 Å². The maximum atomic E-state index is 13.7. The second-order valence-electron chi connectivity index (χ2n) is 8.73. The van der Waals surface area contributed by atoms with Crippen LogP contribution in [0.2, 0.25) is 0 Å². The Balaban J connectivity index is 1.68. The molecule has 1 saturated heterocycles. The minimum atomic E-state index is -0.117. The number of benzene rings is 1. The van der Waals surface area contributed by atoms with Gasteiger partial charge >= 0.3 is 0 Å². The summed E-state index contributed by atoms with van der Waals surface area (Å²) in [6.45, 7) is 9.12. The van der Waals surface area contributed by atoms with Gasteiger partial charge in [-0.05, 0) is 44.0 Å². The normalized spacial score (nSPS) is 21.7. The van der Waals surface area contributed by atoms with Gasteiger partial charge in [-0.25, -0.2) is 0 Å². The van der Waals surface area contributed by atoms with Crippen LogP contribution in [0.4, 0.5) is 0 Å². The summed E-state index contributed by atoms with van der Waals surface area (Å²) in [7, 11) is 0. The second-order valence-corrected chi connectivity index (χ2v) is 8.73. The Morgan fingerprint density at radius 3 is 2.10 bits per heavy atom. The monoisotopic (exact) mass is 425 g/mol. The Morgan fingerprint density at radius 2 is 1.52 bits per heavy atom. The van der Waals surface area contributed by atoms with Crippen LogP contribution in [-0.2, 0) is 9.59 Å². The Kier molecular flexibility index (Phi) is 6.96. The van der Waals surface area contributed by atoms with Crippen LogP contribution in [0.1, 0.15) is 57.9 Å². The van der Waals surface area contributed by atoms with Crippen molar-refractivity contribution in [3.05, 3.63) is 35.5 Å². The van der Waals surface area contributed by atoms with Crippen molar-refractivity contribution in [3.8, 4) is 5.75 Å². The van der Waals surface area contributed by atoms with E-state index in [0.717, 1.165) is 69.7 Å². The van der Waals surface area contributed by atoms with E-state index in [4.69, 9.17) is 4.74 Å². The average Bonchev–Trinajstić information content (AvgIpc) is 2.95. The molecular weight excluding hydrogens is 390 g/mol. The van der Waals surface area contributed by atoms with Gasteiger partial charge < -0.3 is 14.5 Å². The molecule has 0 bridgehead atoms. The molecule has 168 valence electrons. The highest BCUT2D eigenvalue weighted by molar-refractivity contribution is 6.35. The molecule has 1 saturated carbocycles. The number of hydrogen-bond donors (Lipinski definition) is 0. The molecule has 2 heterocycles. The highest BCUT2D eigenvalue weighted by Crippen LogP contribution is 2.36. The molecule has 2 amide bonds. The summed E-state index contributed by atoms with van der Waals surface area (Å²) in [5.41, 5.74) is 1.99. The van der Waals surface area contributed by atoms with E-state index in [-0.39, 0.29) is 17.9 Å². The predicted molar refractivity (Wildman–Crippen MR) is 122 cm³/mol. The Labute approximate surface area is 185 Å². The number of rotatable bonds is 6. The quantitative estimate of drug-likeness (QED) is 0.516. The number of likely N-dealkylation sites (N-methyl/N-ethyl adjacent to an activating group) is 1. The van der Waals surface area contributed by atoms with E-state index in [0.29, 0.717) is 17.9 Å².